The Bertz CT molecular complexity index is 799. The quantitative estimate of drug-likeness (QED) is 0.759. The molecule has 2 aromatic rings. The van der Waals surface area contributed by atoms with Gasteiger partial charge >= 0.3 is 0 Å². The van der Waals surface area contributed by atoms with E-state index in [0.29, 0.717) is 12.6 Å². The van der Waals surface area contributed by atoms with Gasteiger partial charge in [0.15, 0.2) is 0 Å². The first-order valence-electron chi connectivity index (χ1n) is 11.4. The van der Waals surface area contributed by atoms with Crippen molar-refractivity contribution in [1.29, 1.82) is 0 Å². The van der Waals surface area contributed by atoms with Crippen LogP contribution in [0.15, 0.2) is 36.9 Å². The Labute approximate surface area is 179 Å². The molecule has 2 saturated heterocycles. The average Bonchev–Trinajstić information content (AvgIpc) is 3.26. The van der Waals surface area contributed by atoms with Crippen LogP contribution in [0.4, 0.5) is 0 Å². The third-order valence-corrected chi connectivity index (χ3v) is 6.59. The highest BCUT2D eigenvalue weighted by Crippen LogP contribution is 2.24. The molecule has 2 aromatic heterocycles. The summed E-state index contributed by atoms with van der Waals surface area (Å²) in [7, 11) is 0. The van der Waals surface area contributed by atoms with E-state index in [1.165, 1.54) is 18.7 Å². The number of piperidine rings is 2. The van der Waals surface area contributed by atoms with E-state index in [2.05, 4.69) is 42.8 Å². The second kappa shape index (κ2) is 10.2. The van der Waals surface area contributed by atoms with E-state index in [-0.39, 0.29) is 11.8 Å². The summed E-state index contributed by atoms with van der Waals surface area (Å²) >= 11 is 0. The van der Waals surface area contributed by atoms with Crippen LogP contribution < -0.4 is 5.32 Å². The lowest BCUT2D eigenvalue weighted by Crippen LogP contribution is -2.50. The summed E-state index contributed by atoms with van der Waals surface area (Å²) in [5.41, 5.74) is 1.05. The summed E-state index contributed by atoms with van der Waals surface area (Å²) in [4.78, 5) is 26.4. The van der Waals surface area contributed by atoms with Gasteiger partial charge in [-0.25, -0.2) is 4.98 Å². The third-order valence-electron chi connectivity index (χ3n) is 6.59. The maximum absolute atomic E-state index is 12.7. The Morgan fingerprint density at radius 2 is 2.07 bits per heavy atom. The van der Waals surface area contributed by atoms with Gasteiger partial charge in [0.25, 0.3) is 0 Å². The first-order chi connectivity index (χ1) is 14.7. The molecule has 7 heteroatoms. The van der Waals surface area contributed by atoms with Crippen LogP contribution in [0.5, 0.6) is 0 Å². The molecule has 2 aliphatic heterocycles. The molecule has 2 aliphatic rings. The minimum atomic E-state index is 0.102. The lowest BCUT2D eigenvalue weighted by molar-refractivity contribution is -0.127. The summed E-state index contributed by atoms with van der Waals surface area (Å²) in [5, 5.41) is 3.11. The second-order valence-corrected chi connectivity index (χ2v) is 8.55. The number of nitrogens with one attached hydrogen (secondary N) is 1. The fourth-order valence-electron chi connectivity index (χ4n) is 4.81. The van der Waals surface area contributed by atoms with Gasteiger partial charge in [0.05, 0.1) is 12.5 Å². The van der Waals surface area contributed by atoms with Crippen molar-refractivity contribution in [1.82, 2.24) is 29.7 Å². The standard InChI is InChI=1S/C23H34N6O/c1-2-28-14-10-25-22(28)18-27-12-7-21(8-13-27)29-11-4-6-20(17-29)23(30)26-16-19-5-3-9-24-15-19/h3,5,9-10,14-15,20-21H,2,4,6-8,11-13,16-18H2,1H3,(H,26,30)/t20-/m0/s1. The maximum atomic E-state index is 12.7. The Morgan fingerprint density at radius 3 is 2.83 bits per heavy atom. The number of carbonyl (C=O) groups is 1. The molecule has 4 rings (SSSR count). The van der Waals surface area contributed by atoms with Crippen molar-refractivity contribution in [2.24, 2.45) is 5.92 Å². The van der Waals surface area contributed by atoms with Crippen molar-refractivity contribution in [2.45, 2.75) is 58.3 Å². The van der Waals surface area contributed by atoms with Crippen LogP contribution in [-0.2, 0) is 24.4 Å². The van der Waals surface area contributed by atoms with Crippen molar-refractivity contribution >= 4 is 5.91 Å². The molecule has 162 valence electrons. The number of pyridine rings is 1. The topological polar surface area (TPSA) is 66.3 Å². The van der Waals surface area contributed by atoms with Gasteiger partial charge in [-0.15, -0.1) is 0 Å². The number of hydrogen-bond acceptors (Lipinski definition) is 5. The number of likely N-dealkylation sites (tertiary alicyclic amines) is 2. The molecule has 7 nitrogen and oxygen atoms in total. The first-order valence-corrected chi connectivity index (χ1v) is 11.4. The van der Waals surface area contributed by atoms with Crippen LogP contribution >= 0.6 is 0 Å². The molecule has 0 saturated carbocycles. The van der Waals surface area contributed by atoms with Crippen molar-refractivity contribution in [3.8, 4) is 0 Å². The monoisotopic (exact) mass is 410 g/mol. The number of nitrogens with zero attached hydrogens (tertiary/aromatic N) is 5. The number of aromatic nitrogens is 3. The summed E-state index contributed by atoms with van der Waals surface area (Å²) in [6.45, 7) is 8.87. The highest BCUT2D eigenvalue weighted by Gasteiger charge is 2.31. The Hall–Kier alpha value is -2.25. The molecular formula is C23H34N6O. The largest absolute Gasteiger partial charge is 0.352 e. The van der Waals surface area contributed by atoms with Gasteiger partial charge in [-0.2, -0.15) is 0 Å². The van der Waals surface area contributed by atoms with Gasteiger partial charge in [0.2, 0.25) is 5.91 Å². The average molecular weight is 411 g/mol. The zero-order valence-corrected chi connectivity index (χ0v) is 18.0. The highest BCUT2D eigenvalue weighted by molar-refractivity contribution is 5.78. The molecule has 1 atom stereocenters. The van der Waals surface area contributed by atoms with Gasteiger partial charge in [0.1, 0.15) is 5.82 Å². The van der Waals surface area contributed by atoms with Gasteiger partial charge in [0, 0.05) is 63.6 Å². The van der Waals surface area contributed by atoms with E-state index in [1.54, 1.807) is 6.20 Å². The summed E-state index contributed by atoms with van der Waals surface area (Å²) in [5.74, 6) is 1.46. The summed E-state index contributed by atoms with van der Waals surface area (Å²) < 4.78 is 2.23. The molecule has 2 fully saturated rings. The van der Waals surface area contributed by atoms with E-state index >= 15 is 0 Å². The van der Waals surface area contributed by atoms with Crippen molar-refractivity contribution in [3.63, 3.8) is 0 Å². The lowest BCUT2D eigenvalue weighted by Gasteiger charge is -2.42. The predicted molar refractivity (Wildman–Crippen MR) is 117 cm³/mol. The zero-order chi connectivity index (χ0) is 20.8. The molecule has 0 radical (unpaired) electrons. The van der Waals surface area contributed by atoms with E-state index in [4.69, 9.17) is 0 Å². The normalized spacial score (nSPS) is 21.6. The molecular weight excluding hydrogens is 376 g/mol. The number of imidazole rings is 1. The third kappa shape index (κ3) is 5.26. The minimum Gasteiger partial charge on any atom is -0.352 e. The number of aryl methyl sites for hydroxylation is 1. The number of hydrogen-bond donors (Lipinski definition) is 1. The SMILES string of the molecule is CCn1ccnc1CN1CCC(N2CCC[C@H](C(=O)NCc3cccnc3)C2)CC1. The molecule has 0 unspecified atom stereocenters. The highest BCUT2D eigenvalue weighted by atomic mass is 16.1. The van der Waals surface area contributed by atoms with Crippen LogP contribution in [0.25, 0.3) is 0 Å². The molecule has 4 heterocycles. The first kappa shape index (κ1) is 21.0. The number of rotatable bonds is 7. The Balaban J connectivity index is 1.23. The van der Waals surface area contributed by atoms with Crippen molar-refractivity contribution < 1.29 is 4.79 Å². The Morgan fingerprint density at radius 1 is 1.20 bits per heavy atom. The van der Waals surface area contributed by atoms with Gasteiger partial charge in [-0.1, -0.05) is 6.07 Å². The van der Waals surface area contributed by atoms with E-state index < -0.39 is 0 Å². The van der Waals surface area contributed by atoms with E-state index in [0.717, 1.165) is 57.7 Å². The van der Waals surface area contributed by atoms with E-state index in [1.807, 2.05) is 24.5 Å². The van der Waals surface area contributed by atoms with Crippen LogP contribution in [0.2, 0.25) is 0 Å². The molecule has 1 N–H and O–H groups in total. The molecule has 30 heavy (non-hydrogen) atoms. The molecule has 0 aromatic carbocycles. The molecule has 1 amide bonds. The molecule has 0 spiro atoms. The van der Waals surface area contributed by atoms with Gasteiger partial charge < -0.3 is 9.88 Å². The van der Waals surface area contributed by atoms with Gasteiger partial charge in [-0.05, 0) is 50.8 Å². The van der Waals surface area contributed by atoms with Crippen LogP contribution in [0.1, 0.15) is 44.0 Å². The van der Waals surface area contributed by atoms with Crippen molar-refractivity contribution in [2.75, 3.05) is 26.2 Å². The maximum Gasteiger partial charge on any atom is 0.224 e. The predicted octanol–water partition coefficient (Wildman–Crippen LogP) is 2.29. The zero-order valence-electron chi connectivity index (χ0n) is 18.0. The van der Waals surface area contributed by atoms with Crippen LogP contribution in [-0.4, -0.2) is 62.5 Å². The number of amides is 1. The van der Waals surface area contributed by atoms with E-state index in [9.17, 15) is 4.79 Å². The Kier molecular flexibility index (Phi) is 7.12. The van der Waals surface area contributed by atoms with Gasteiger partial charge in [-0.3, -0.25) is 19.6 Å². The smallest absolute Gasteiger partial charge is 0.224 e. The molecule has 0 aliphatic carbocycles. The fraction of sp³-hybridized carbons (Fsp3) is 0.609. The van der Waals surface area contributed by atoms with Crippen LogP contribution in [0.3, 0.4) is 0 Å². The fourth-order valence-corrected chi connectivity index (χ4v) is 4.81. The lowest BCUT2D eigenvalue weighted by atomic mass is 9.93. The minimum absolute atomic E-state index is 0.102. The van der Waals surface area contributed by atoms with Crippen molar-refractivity contribution in [3.05, 3.63) is 48.3 Å². The summed E-state index contributed by atoms with van der Waals surface area (Å²) in [6.07, 6.45) is 12.0. The number of carbonyl (C=O) groups excluding carboxylic acids is 1. The second-order valence-electron chi connectivity index (χ2n) is 8.55. The summed E-state index contributed by atoms with van der Waals surface area (Å²) in [6, 6.07) is 4.51. The molecule has 0 bridgehead atoms. The van der Waals surface area contributed by atoms with Crippen LogP contribution in [0, 0.1) is 5.92 Å².